The first-order valence-electron chi connectivity index (χ1n) is 7.79. The van der Waals surface area contributed by atoms with Crippen LogP contribution in [0.1, 0.15) is 65.9 Å². The fraction of sp³-hybridized carbons (Fsp3) is 0.625. The molecule has 0 bridgehead atoms. The summed E-state index contributed by atoms with van der Waals surface area (Å²) in [6.07, 6.45) is 9.45. The lowest BCUT2D eigenvalue weighted by Crippen LogP contribution is -2.40. The zero-order valence-electron chi connectivity index (χ0n) is 12.1. The van der Waals surface area contributed by atoms with Crippen LogP contribution in [0.5, 0.6) is 0 Å². The van der Waals surface area contributed by atoms with Crippen molar-refractivity contribution in [2.45, 2.75) is 51.0 Å². The number of carbonyl (C=O) groups excluding carboxylic acids is 1. The molecule has 1 N–H and O–H groups in total. The van der Waals surface area contributed by atoms with Gasteiger partial charge in [0.2, 0.25) is 0 Å². The summed E-state index contributed by atoms with van der Waals surface area (Å²) < 4.78 is 5.16. The fourth-order valence-electron chi connectivity index (χ4n) is 3.76. The minimum Gasteiger partial charge on any atom is -0.478 e. The molecule has 2 aliphatic rings. The molecule has 114 valence electrons. The Kier molecular flexibility index (Phi) is 3.99. The molecule has 21 heavy (non-hydrogen) atoms. The van der Waals surface area contributed by atoms with Crippen LogP contribution in [0.4, 0.5) is 0 Å². The van der Waals surface area contributed by atoms with Crippen LogP contribution in [-0.2, 0) is 0 Å². The summed E-state index contributed by atoms with van der Waals surface area (Å²) in [6, 6.07) is 1.64. The molecule has 0 spiro atoms. The number of carboxylic acids is 1. The van der Waals surface area contributed by atoms with Crippen LogP contribution >= 0.6 is 0 Å². The monoisotopic (exact) mass is 291 g/mol. The zero-order valence-corrected chi connectivity index (χ0v) is 12.1. The van der Waals surface area contributed by atoms with E-state index in [-0.39, 0.29) is 17.2 Å². The van der Waals surface area contributed by atoms with E-state index in [0.29, 0.717) is 12.0 Å². The summed E-state index contributed by atoms with van der Waals surface area (Å²) in [7, 11) is 0. The highest BCUT2D eigenvalue weighted by Crippen LogP contribution is 2.35. The quantitative estimate of drug-likeness (QED) is 0.928. The molecule has 1 aliphatic heterocycles. The first-order valence-corrected chi connectivity index (χ1v) is 7.79. The number of rotatable bonds is 3. The standard InChI is InChI=1S/C16H21NO4/c18-15(14-9-12(10-21-14)16(19)20)17-8-4-7-13(17)11-5-2-1-3-6-11/h9-11,13H,1-8H2,(H,19,20). The molecule has 5 heteroatoms. The highest BCUT2D eigenvalue weighted by Gasteiger charge is 2.36. The molecule has 0 aromatic carbocycles. The number of aromatic carboxylic acids is 1. The van der Waals surface area contributed by atoms with E-state index in [1.807, 2.05) is 4.90 Å². The topological polar surface area (TPSA) is 70.7 Å². The lowest BCUT2D eigenvalue weighted by Gasteiger charge is -2.33. The number of amides is 1. The van der Waals surface area contributed by atoms with Crippen molar-refractivity contribution >= 4 is 11.9 Å². The average Bonchev–Trinajstić information content (AvgIpc) is 3.17. The summed E-state index contributed by atoms with van der Waals surface area (Å²) >= 11 is 0. The van der Waals surface area contributed by atoms with E-state index in [2.05, 4.69) is 0 Å². The molecular formula is C16H21NO4. The van der Waals surface area contributed by atoms with Crippen LogP contribution < -0.4 is 0 Å². The second-order valence-corrected chi connectivity index (χ2v) is 6.11. The smallest absolute Gasteiger partial charge is 0.338 e. The van der Waals surface area contributed by atoms with Gasteiger partial charge in [-0.2, -0.15) is 0 Å². The van der Waals surface area contributed by atoms with Crippen molar-refractivity contribution in [3.8, 4) is 0 Å². The lowest BCUT2D eigenvalue weighted by atomic mass is 9.83. The van der Waals surface area contributed by atoms with Gasteiger partial charge in [0.25, 0.3) is 5.91 Å². The zero-order chi connectivity index (χ0) is 14.8. The van der Waals surface area contributed by atoms with Gasteiger partial charge in [-0.15, -0.1) is 0 Å². The summed E-state index contributed by atoms with van der Waals surface area (Å²) in [5.41, 5.74) is 0.0340. The van der Waals surface area contributed by atoms with Crippen molar-refractivity contribution in [3.05, 3.63) is 23.7 Å². The largest absolute Gasteiger partial charge is 0.478 e. The normalized spacial score (nSPS) is 23.4. The van der Waals surface area contributed by atoms with Crippen molar-refractivity contribution in [2.75, 3.05) is 6.54 Å². The number of carbonyl (C=O) groups is 2. The van der Waals surface area contributed by atoms with E-state index < -0.39 is 5.97 Å². The van der Waals surface area contributed by atoms with Gasteiger partial charge in [-0.05, 0) is 31.6 Å². The Morgan fingerprint density at radius 2 is 1.90 bits per heavy atom. The second-order valence-electron chi connectivity index (χ2n) is 6.11. The Labute approximate surface area is 123 Å². The molecule has 1 aromatic heterocycles. The van der Waals surface area contributed by atoms with Crippen molar-refractivity contribution in [1.29, 1.82) is 0 Å². The molecule has 1 unspecified atom stereocenters. The van der Waals surface area contributed by atoms with Crippen LogP contribution in [0.15, 0.2) is 16.7 Å². The molecule has 5 nitrogen and oxygen atoms in total. The van der Waals surface area contributed by atoms with Gasteiger partial charge >= 0.3 is 5.97 Å². The Balaban J connectivity index is 1.74. The molecule has 1 atom stereocenters. The molecule has 1 aromatic rings. The molecule has 3 rings (SSSR count). The van der Waals surface area contributed by atoms with Crippen LogP contribution in [0.3, 0.4) is 0 Å². The summed E-state index contributed by atoms with van der Waals surface area (Å²) in [4.78, 5) is 25.4. The van der Waals surface area contributed by atoms with Gasteiger partial charge in [0, 0.05) is 18.7 Å². The summed E-state index contributed by atoms with van der Waals surface area (Å²) in [5, 5.41) is 8.92. The van der Waals surface area contributed by atoms with Crippen LogP contribution in [0, 0.1) is 5.92 Å². The third-order valence-corrected chi connectivity index (χ3v) is 4.81. The fourth-order valence-corrected chi connectivity index (χ4v) is 3.76. The number of hydrogen-bond acceptors (Lipinski definition) is 3. The number of furan rings is 1. The summed E-state index contributed by atoms with van der Waals surface area (Å²) in [6.45, 7) is 0.753. The van der Waals surface area contributed by atoms with E-state index in [0.717, 1.165) is 25.6 Å². The lowest BCUT2D eigenvalue weighted by molar-refractivity contribution is 0.0628. The Bertz CT molecular complexity index is 530. The van der Waals surface area contributed by atoms with Gasteiger partial charge in [-0.1, -0.05) is 19.3 Å². The second kappa shape index (κ2) is 5.92. The van der Waals surface area contributed by atoms with E-state index in [1.54, 1.807) is 0 Å². The SMILES string of the molecule is O=C(O)c1coc(C(=O)N2CCCC2C2CCCCC2)c1. The average molecular weight is 291 g/mol. The van der Waals surface area contributed by atoms with Gasteiger partial charge in [-0.25, -0.2) is 4.79 Å². The first-order chi connectivity index (χ1) is 10.2. The maximum atomic E-state index is 12.6. The van der Waals surface area contributed by atoms with E-state index in [4.69, 9.17) is 9.52 Å². The van der Waals surface area contributed by atoms with Crippen LogP contribution in [-0.4, -0.2) is 34.5 Å². The number of carboxylic acid groups (broad SMARTS) is 1. The predicted molar refractivity (Wildman–Crippen MR) is 76.3 cm³/mol. The molecule has 1 saturated heterocycles. The third kappa shape index (κ3) is 2.82. The first kappa shape index (κ1) is 14.2. The van der Waals surface area contributed by atoms with Gasteiger partial charge in [-0.3, -0.25) is 4.79 Å². The number of likely N-dealkylation sites (tertiary alicyclic amines) is 1. The van der Waals surface area contributed by atoms with Gasteiger partial charge in [0.1, 0.15) is 6.26 Å². The Morgan fingerprint density at radius 3 is 2.57 bits per heavy atom. The van der Waals surface area contributed by atoms with Crippen molar-refractivity contribution in [1.82, 2.24) is 4.90 Å². The molecule has 0 radical (unpaired) electrons. The van der Waals surface area contributed by atoms with Gasteiger partial charge < -0.3 is 14.4 Å². The molecule has 1 amide bonds. The van der Waals surface area contributed by atoms with Crippen molar-refractivity contribution in [2.24, 2.45) is 5.92 Å². The summed E-state index contributed by atoms with van der Waals surface area (Å²) in [5.74, 6) is -0.479. The van der Waals surface area contributed by atoms with Crippen molar-refractivity contribution in [3.63, 3.8) is 0 Å². The Hall–Kier alpha value is -1.78. The van der Waals surface area contributed by atoms with Crippen LogP contribution in [0.2, 0.25) is 0 Å². The molecular weight excluding hydrogens is 270 g/mol. The van der Waals surface area contributed by atoms with Gasteiger partial charge in [0.15, 0.2) is 5.76 Å². The minimum absolute atomic E-state index is 0.0340. The maximum absolute atomic E-state index is 12.6. The highest BCUT2D eigenvalue weighted by molar-refractivity contribution is 5.95. The molecule has 2 heterocycles. The van der Waals surface area contributed by atoms with E-state index in [9.17, 15) is 9.59 Å². The molecule has 1 aliphatic carbocycles. The molecule has 1 saturated carbocycles. The number of hydrogen-bond donors (Lipinski definition) is 1. The third-order valence-electron chi connectivity index (χ3n) is 4.81. The molecule has 2 fully saturated rings. The number of nitrogens with zero attached hydrogens (tertiary/aromatic N) is 1. The van der Waals surface area contributed by atoms with Gasteiger partial charge in [0.05, 0.1) is 5.56 Å². The van der Waals surface area contributed by atoms with E-state index in [1.165, 1.54) is 38.2 Å². The minimum atomic E-state index is -1.07. The van der Waals surface area contributed by atoms with Crippen LogP contribution in [0.25, 0.3) is 0 Å². The Morgan fingerprint density at radius 1 is 1.14 bits per heavy atom. The predicted octanol–water partition coefficient (Wildman–Crippen LogP) is 3.16. The van der Waals surface area contributed by atoms with Crippen molar-refractivity contribution < 1.29 is 19.1 Å². The van der Waals surface area contributed by atoms with E-state index >= 15 is 0 Å². The maximum Gasteiger partial charge on any atom is 0.338 e. The highest BCUT2D eigenvalue weighted by atomic mass is 16.4.